The van der Waals surface area contributed by atoms with E-state index < -0.39 is 12.0 Å². The average Bonchev–Trinajstić information content (AvgIpc) is 2.62. The Morgan fingerprint density at radius 1 is 0.840 bits per heavy atom. The van der Waals surface area contributed by atoms with Crippen LogP contribution < -0.4 is 5.32 Å². The molecule has 0 unspecified atom stereocenters. The monoisotopic (exact) mass is 333 g/mol. The Bertz CT molecular complexity index is 890. The zero-order chi connectivity index (χ0) is 17.6. The van der Waals surface area contributed by atoms with Crippen molar-refractivity contribution >= 4 is 22.6 Å². The number of carbonyl (C=O) groups is 2. The Labute approximate surface area is 146 Å². The highest BCUT2D eigenvalue weighted by molar-refractivity contribution is 5.87. The van der Waals surface area contributed by atoms with Crippen LogP contribution in [-0.2, 0) is 22.4 Å². The molecule has 0 saturated heterocycles. The molecule has 0 aliphatic rings. The summed E-state index contributed by atoms with van der Waals surface area (Å²) in [5.41, 5.74) is 1.74. The van der Waals surface area contributed by atoms with Gasteiger partial charge in [0.25, 0.3) is 0 Å². The van der Waals surface area contributed by atoms with E-state index in [2.05, 4.69) is 5.32 Å². The second-order valence-electron chi connectivity index (χ2n) is 6.01. The van der Waals surface area contributed by atoms with Crippen molar-refractivity contribution in [2.75, 3.05) is 0 Å². The molecule has 0 fully saturated rings. The zero-order valence-electron chi connectivity index (χ0n) is 13.7. The Morgan fingerprint density at radius 3 is 2.24 bits per heavy atom. The first kappa shape index (κ1) is 16.7. The molecule has 0 spiro atoms. The Balaban J connectivity index is 1.67. The lowest BCUT2D eigenvalue weighted by atomic mass is 10.0. The number of nitrogens with one attached hydrogen (secondary N) is 1. The van der Waals surface area contributed by atoms with Crippen LogP contribution in [0.1, 0.15) is 11.1 Å². The Hall–Kier alpha value is -3.14. The molecule has 0 heterocycles. The lowest BCUT2D eigenvalue weighted by Crippen LogP contribution is -2.43. The molecule has 0 radical (unpaired) electrons. The van der Waals surface area contributed by atoms with Crippen molar-refractivity contribution in [2.45, 2.75) is 18.9 Å². The molecular formula is C21H19NO3. The number of carboxylic acid groups (broad SMARTS) is 1. The molecule has 0 aliphatic heterocycles. The molecule has 4 heteroatoms. The van der Waals surface area contributed by atoms with Gasteiger partial charge in [0, 0.05) is 6.42 Å². The van der Waals surface area contributed by atoms with Gasteiger partial charge in [-0.1, -0.05) is 72.8 Å². The summed E-state index contributed by atoms with van der Waals surface area (Å²) in [7, 11) is 0. The van der Waals surface area contributed by atoms with E-state index in [1.165, 1.54) is 0 Å². The van der Waals surface area contributed by atoms with Crippen molar-refractivity contribution < 1.29 is 14.7 Å². The number of hydrogen-bond donors (Lipinski definition) is 2. The maximum absolute atomic E-state index is 12.3. The van der Waals surface area contributed by atoms with Gasteiger partial charge in [-0.15, -0.1) is 0 Å². The Morgan fingerprint density at radius 2 is 1.52 bits per heavy atom. The second kappa shape index (κ2) is 7.62. The largest absolute Gasteiger partial charge is 0.480 e. The van der Waals surface area contributed by atoms with E-state index in [0.29, 0.717) is 0 Å². The number of rotatable bonds is 6. The molecule has 3 aromatic carbocycles. The van der Waals surface area contributed by atoms with Crippen LogP contribution in [0.4, 0.5) is 0 Å². The van der Waals surface area contributed by atoms with Crippen LogP contribution in [0, 0.1) is 0 Å². The molecule has 0 saturated carbocycles. The fourth-order valence-corrected chi connectivity index (χ4v) is 2.83. The quantitative estimate of drug-likeness (QED) is 0.728. The molecule has 126 valence electrons. The molecule has 25 heavy (non-hydrogen) atoms. The van der Waals surface area contributed by atoms with Crippen molar-refractivity contribution in [3.8, 4) is 0 Å². The van der Waals surface area contributed by atoms with E-state index in [4.69, 9.17) is 0 Å². The summed E-state index contributed by atoms with van der Waals surface area (Å²) in [4.78, 5) is 23.7. The number of carboxylic acids is 1. The van der Waals surface area contributed by atoms with Crippen molar-refractivity contribution in [3.63, 3.8) is 0 Å². The van der Waals surface area contributed by atoms with Gasteiger partial charge in [0.2, 0.25) is 5.91 Å². The van der Waals surface area contributed by atoms with E-state index in [0.717, 1.165) is 21.9 Å². The topological polar surface area (TPSA) is 66.4 Å². The van der Waals surface area contributed by atoms with E-state index in [1.807, 2.05) is 72.8 Å². The molecule has 0 aliphatic carbocycles. The summed E-state index contributed by atoms with van der Waals surface area (Å²) in [5.74, 6) is -1.32. The van der Waals surface area contributed by atoms with Crippen molar-refractivity contribution in [3.05, 3.63) is 83.9 Å². The number of hydrogen-bond acceptors (Lipinski definition) is 2. The normalized spacial score (nSPS) is 11.8. The van der Waals surface area contributed by atoms with Gasteiger partial charge in [-0.05, 0) is 21.9 Å². The highest BCUT2D eigenvalue weighted by atomic mass is 16.4. The van der Waals surface area contributed by atoms with Crippen LogP contribution in [0.25, 0.3) is 10.8 Å². The van der Waals surface area contributed by atoms with Gasteiger partial charge in [0.1, 0.15) is 6.04 Å². The fourth-order valence-electron chi connectivity index (χ4n) is 2.83. The predicted octanol–water partition coefficient (Wildman–Crippen LogP) is 3.19. The molecule has 4 nitrogen and oxygen atoms in total. The summed E-state index contributed by atoms with van der Waals surface area (Å²) in [6.45, 7) is 0. The summed E-state index contributed by atoms with van der Waals surface area (Å²) >= 11 is 0. The fraction of sp³-hybridized carbons (Fsp3) is 0.143. The van der Waals surface area contributed by atoms with Gasteiger partial charge in [0.15, 0.2) is 0 Å². The third-order valence-electron chi connectivity index (χ3n) is 4.09. The van der Waals surface area contributed by atoms with Gasteiger partial charge in [-0.3, -0.25) is 4.79 Å². The van der Waals surface area contributed by atoms with Gasteiger partial charge < -0.3 is 10.4 Å². The molecule has 1 amide bonds. The standard InChI is InChI=1S/C21H19NO3/c23-20(14-16-10-11-17-8-4-5-9-18(17)12-16)22-19(21(24)25)13-15-6-2-1-3-7-15/h1-12,19H,13-14H2,(H,22,23)(H,24,25)/t19-/m1/s1. The SMILES string of the molecule is O=C(Cc1ccc2ccccc2c1)N[C@H](Cc1ccccc1)C(=O)O. The second-order valence-corrected chi connectivity index (χ2v) is 6.01. The lowest BCUT2D eigenvalue weighted by Gasteiger charge is -2.15. The minimum Gasteiger partial charge on any atom is -0.480 e. The number of fused-ring (bicyclic) bond motifs is 1. The van der Waals surface area contributed by atoms with Gasteiger partial charge >= 0.3 is 5.97 Å². The van der Waals surface area contributed by atoms with Crippen LogP contribution in [0.2, 0.25) is 0 Å². The molecule has 3 rings (SSSR count). The van der Waals surface area contributed by atoms with E-state index in [9.17, 15) is 14.7 Å². The maximum atomic E-state index is 12.3. The number of carbonyl (C=O) groups excluding carboxylic acids is 1. The molecule has 0 bridgehead atoms. The third kappa shape index (κ3) is 4.44. The van der Waals surface area contributed by atoms with E-state index in [-0.39, 0.29) is 18.7 Å². The molecule has 2 N–H and O–H groups in total. The smallest absolute Gasteiger partial charge is 0.326 e. The first-order valence-corrected chi connectivity index (χ1v) is 8.15. The minimum absolute atomic E-state index is 0.156. The maximum Gasteiger partial charge on any atom is 0.326 e. The summed E-state index contributed by atoms with van der Waals surface area (Å²) < 4.78 is 0. The molecule has 3 aromatic rings. The number of aliphatic carboxylic acids is 1. The molecule has 1 atom stereocenters. The zero-order valence-corrected chi connectivity index (χ0v) is 13.7. The summed E-state index contributed by atoms with van der Waals surface area (Å²) in [6.07, 6.45) is 0.420. The Kier molecular flexibility index (Phi) is 5.09. The number of amides is 1. The highest BCUT2D eigenvalue weighted by Crippen LogP contribution is 2.16. The van der Waals surface area contributed by atoms with Gasteiger partial charge in [-0.2, -0.15) is 0 Å². The number of benzene rings is 3. The first-order chi connectivity index (χ1) is 12.1. The molecule has 0 aromatic heterocycles. The summed E-state index contributed by atoms with van der Waals surface area (Å²) in [5, 5.41) is 14.2. The minimum atomic E-state index is -1.03. The van der Waals surface area contributed by atoms with Gasteiger partial charge in [-0.25, -0.2) is 4.79 Å². The lowest BCUT2D eigenvalue weighted by molar-refractivity contribution is -0.141. The van der Waals surface area contributed by atoms with Crippen LogP contribution >= 0.6 is 0 Å². The molecular weight excluding hydrogens is 314 g/mol. The first-order valence-electron chi connectivity index (χ1n) is 8.15. The van der Waals surface area contributed by atoms with Crippen molar-refractivity contribution in [2.24, 2.45) is 0 Å². The van der Waals surface area contributed by atoms with Crippen molar-refractivity contribution in [1.82, 2.24) is 5.32 Å². The third-order valence-corrected chi connectivity index (χ3v) is 4.09. The van der Waals surface area contributed by atoms with Crippen LogP contribution in [-0.4, -0.2) is 23.0 Å². The van der Waals surface area contributed by atoms with Gasteiger partial charge in [0.05, 0.1) is 6.42 Å². The highest BCUT2D eigenvalue weighted by Gasteiger charge is 2.20. The predicted molar refractivity (Wildman–Crippen MR) is 97.4 cm³/mol. The average molecular weight is 333 g/mol. The van der Waals surface area contributed by atoms with Crippen LogP contribution in [0.5, 0.6) is 0 Å². The summed E-state index contributed by atoms with van der Waals surface area (Å²) in [6, 6.07) is 22.1. The van der Waals surface area contributed by atoms with E-state index >= 15 is 0 Å². The van der Waals surface area contributed by atoms with Crippen LogP contribution in [0.3, 0.4) is 0 Å². The van der Waals surface area contributed by atoms with Crippen LogP contribution in [0.15, 0.2) is 72.8 Å². The van der Waals surface area contributed by atoms with E-state index in [1.54, 1.807) is 0 Å². The van der Waals surface area contributed by atoms with Crippen molar-refractivity contribution in [1.29, 1.82) is 0 Å².